The second-order valence-corrected chi connectivity index (χ2v) is 6.92. The van der Waals surface area contributed by atoms with Crippen molar-refractivity contribution in [3.63, 3.8) is 0 Å². The van der Waals surface area contributed by atoms with Crippen LogP contribution in [0.5, 0.6) is 11.5 Å². The molecule has 0 saturated carbocycles. The number of hydrogen-bond acceptors (Lipinski definition) is 4. The molecular formula is C17H18FO4P. The molecular weight excluding hydrogens is 318 g/mol. The summed E-state index contributed by atoms with van der Waals surface area (Å²) >= 11 is 0. The molecule has 23 heavy (non-hydrogen) atoms. The molecule has 1 unspecified atom stereocenters. The number of hydrogen-bond donors (Lipinski definition) is 0. The van der Waals surface area contributed by atoms with Gasteiger partial charge in [-0.1, -0.05) is 36.4 Å². The van der Waals surface area contributed by atoms with E-state index in [0.717, 1.165) is 5.56 Å². The van der Waals surface area contributed by atoms with E-state index in [9.17, 15) is 8.96 Å². The minimum absolute atomic E-state index is 0.133. The SMILES string of the molecule is COP(C)(=O)OC/C=C/c1ccc(F)c(Oc2ccccc2)c1. The van der Waals surface area contributed by atoms with Crippen LogP contribution in [0, 0.1) is 5.82 Å². The van der Waals surface area contributed by atoms with Gasteiger partial charge in [-0.3, -0.25) is 4.57 Å². The lowest BCUT2D eigenvalue weighted by Gasteiger charge is -2.09. The van der Waals surface area contributed by atoms with Crippen LogP contribution in [-0.4, -0.2) is 20.4 Å². The van der Waals surface area contributed by atoms with Gasteiger partial charge in [-0.05, 0) is 29.8 Å². The maximum atomic E-state index is 13.8. The van der Waals surface area contributed by atoms with Gasteiger partial charge in [0.2, 0.25) is 0 Å². The molecule has 0 aliphatic heterocycles. The van der Waals surface area contributed by atoms with E-state index in [2.05, 4.69) is 0 Å². The van der Waals surface area contributed by atoms with Gasteiger partial charge in [0.1, 0.15) is 5.75 Å². The van der Waals surface area contributed by atoms with Crippen LogP contribution in [0.15, 0.2) is 54.6 Å². The molecule has 4 nitrogen and oxygen atoms in total. The molecule has 0 bridgehead atoms. The summed E-state index contributed by atoms with van der Waals surface area (Å²) in [5, 5.41) is 0. The van der Waals surface area contributed by atoms with Crippen LogP contribution in [0.1, 0.15) is 5.56 Å². The first-order chi connectivity index (χ1) is 11.0. The van der Waals surface area contributed by atoms with Crippen molar-refractivity contribution in [3.8, 4) is 11.5 Å². The molecule has 6 heteroatoms. The van der Waals surface area contributed by atoms with Crippen molar-refractivity contribution >= 4 is 13.7 Å². The lowest BCUT2D eigenvalue weighted by Crippen LogP contribution is -1.91. The van der Waals surface area contributed by atoms with E-state index >= 15 is 0 Å². The van der Waals surface area contributed by atoms with Gasteiger partial charge in [-0.25, -0.2) is 4.39 Å². The molecule has 0 heterocycles. The summed E-state index contributed by atoms with van der Waals surface area (Å²) in [7, 11) is -1.66. The van der Waals surface area contributed by atoms with E-state index < -0.39 is 13.4 Å². The summed E-state index contributed by atoms with van der Waals surface area (Å²) in [6.07, 6.45) is 3.40. The van der Waals surface area contributed by atoms with E-state index in [-0.39, 0.29) is 12.4 Å². The first-order valence-corrected chi connectivity index (χ1v) is 8.96. The molecule has 0 saturated heterocycles. The minimum Gasteiger partial charge on any atom is -0.454 e. The summed E-state index contributed by atoms with van der Waals surface area (Å²) in [6.45, 7) is 1.53. The van der Waals surface area contributed by atoms with Crippen molar-refractivity contribution in [2.24, 2.45) is 0 Å². The van der Waals surface area contributed by atoms with Crippen molar-refractivity contribution in [1.29, 1.82) is 0 Å². The Balaban J connectivity index is 2.04. The summed E-state index contributed by atoms with van der Waals surface area (Å²) in [5.41, 5.74) is 0.740. The second-order valence-electron chi connectivity index (χ2n) is 4.76. The van der Waals surface area contributed by atoms with E-state index in [0.29, 0.717) is 5.75 Å². The summed E-state index contributed by atoms with van der Waals surface area (Å²) in [5.74, 6) is 0.250. The van der Waals surface area contributed by atoms with Crippen LogP contribution in [0.2, 0.25) is 0 Å². The van der Waals surface area contributed by atoms with Gasteiger partial charge in [0.15, 0.2) is 11.6 Å². The number of rotatable bonds is 7. The Morgan fingerprint density at radius 3 is 2.61 bits per heavy atom. The Hall–Kier alpha value is -1.94. The topological polar surface area (TPSA) is 44.8 Å². The molecule has 122 valence electrons. The van der Waals surface area contributed by atoms with Gasteiger partial charge in [-0.2, -0.15) is 0 Å². The van der Waals surface area contributed by atoms with E-state index in [4.69, 9.17) is 13.8 Å². The van der Waals surface area contributed by atoms with Gasteiger partial charge in [0.25, 0.3) is 0 Å². The zero-order valence-electron chi connectivity index (χ0n) is 12.9. The van der Waals surface area contributed by atoms with Crippen molar-refractivity contribution in [3.05, 3.63) is 66.0 Å². The molecule has 0 radical (unpaired) electrons. The third-order valence-electron chi connectivity index (χ3n) is 2.97. The van der Waals surface area contributed by atoms with Crippen molar-refractivity contribution < 1.29 is 22.7 Å². The normalized spacial score (nSPS) is 13.9. The molecule has 2 aromatic carbocycles. The largest absolute Gasteiger partial charge is 0.454 e. The smallest absolute Gasteiger partial charge is 0.327 e. The summed E-state index contributed by atoms with van der Waals surface area (Å²) in [4.78, 5) is 0. The Labute approximate surface area is 135 Å². The van der Waals surface area contributed by atoms with Crippen molar-refractivity contribution in [2.75, 3.05) is 20.4 Å². The van der Waals surface area contributed by atoms with Crippen LogP contribution in [0.4, 0.5) is 4.39 Å². The van der Waals surface area contributed by atoms with E-state index in [1.54, 1.807) is 36.4 Å². The molecule has 0 aromatic heterocycles. The second kappa shape index (κ2) is 8.06. The lowest BCUT2D eigenvalue weighted by molar-refractivity contribution is 0.261. The predicted octanol–water partition coefficient (Wildman–Crippen LogP) is 5.12. The number of para-hydroxylation sites is 1. The molecule has 0 spiro atoms. The highest BCUT2D eigenvalue weighted by Gasteiger charge is 2.12. The third-order valence-corrected chi connectivity index (χ3v) is 4.25. The van der Waals surface area contributed by atoms with Gasteiger partial charge in [0, 0.05) is 13.8 Å². The standard InChI is InChI=1S/C17H18FO4P/c1-20-23(2,19)21-12-6-7-14-10-11-16(18)17(13-14)22-15-8-4-3-5-9-15/h3-11,13H,12H2,1-2H3/b7-6+. The average molecular weight is 336 g/mol. The zero-order valence-corrected chi connectivity index (χ0v) is 13.8. The zero-order chi connectivity index (χ0) is 16.7. The van der Waals surface area contributed by atoms with Gasteiger partial charge in [0.05, 0.1) is 6.61 Å². The molecule has 1 atom stereocenters. The third kappa shape index (κ3) is 5.64. The molecule has 2 aromatic rings. The van der Waals surface area contributed by atoms with E-state index in [1.807, 2.05) is 18.2 Å². The highest BCUT2D eigenvalue weighted by molar-refractivity contribution is 7.52. The predicted molar refractivity (Wildman–Crippen MR) is 88.4 cm³/mol. The van der Waals surface area contributed by atoms with Crippen molar-refractivity contribution in [1.82, 2.24) is 0 Å². The number of halogens is 1. The van der Waals surface area contributed by atoms with Crippen LogP contribution < -0.4 is 4.74 Å². The Kier molecular flexibility index (Phi) is 6.11. The monoisotopic (exact) mass is 336 g/mol. The summed E-state index contributed by atoms with van der Waals surface area (Å²) < 4.78 is 40.7. The minimum atomic E-state index is -2.99. The van der Waals surface area contributed by atoms with Crippen LogP contribution in [0.3, 0.4) is 0 Å². The van der Waals surface area contributed by atoms with Crippen molar-refractivity contribution in [2.45, 2.75) is 0 Å². The number of ether oxygens (including phenoxy) is 1. The van der Waals surface area contributed by atoms with Crippen LogP contribution >= 0.6 is 7.60 Å². The average Bonchev–Trinajstić information content (AvgIpc) is 2.55. The molecule has 0 amide bonds. The Morgan fingerprint density at radius 1 is 1.17 bits per heavy atom. The van der Waals surface area contributed by atoms with Crippen LogP contribution in [0.25, 0.3) is 6.08 Å². The van der Waals surface area contributed by atoms with Gasteiger partial charge in [-0.15, -0.1) is 0 Å². The fourth-order valence-electron chi connectivity index (χ4n) is 1.73. The van der Waals surface area contributed by atoms with Gasteiger partial charge >= 0.3 is 7.60 Å². The fourth-order valence-corrected chi connectivity index (χ4v) is 2.19. The highest BCUT2D eigenvalue weighted by atomic mass is 31.2. The lowest BCUT2D eigenvalue weighted by atomic mass is 10.2. The van der Waals surface area contributed by atoms with Crippen LogP contribution in [-0.2, 0) is 13.6 Å². The fraction of sp³-hybridized carbons (Fsp3) is 0.176. The maximum Gasteiger partial charge on any atom is 0.327 e. The van der Waals surface area contributed by atoms with Gasteiger partial charge < -0.3 is 13.8 Å². The quantitative estimate of drug-likeness (QED) is 0.659. The molecule has 2 rings (SSSR count). The Morgan fingerprint density at radius 2 is 1.91 bits per heavy atom. The Bertz CT molecular complexity index is 716. The van der Waals surface area contributed by atoms with E-state index in [1.165, 1.54) is 19.8 Å². The molecule has 0 fully saturated rings. The first kappa shape index (κ1) is 17.4. The first-order valence-electron chi connectivity index (χ1n) is 6.97. The highest BCUT2D eigenvalue weighted by Crippen LogP contribution is 2.42. The number of benzene rings is 2. The molecule has 0 aliphatic rings. The molecule has 0 N–H and O–H groups in total. The maximum absolute atomic E-state index is 13.8. The summed E-state index contributed by atoms with van der Waals surface area (Å²) in [6, 6.07) is 13.5. The molecule has 0 aliphatic carbocycles.